The summed E-state index contributed by atoms with van der Waals surface area (Å²) >= 11 is 0. The summed E-state index contributed by atoms with van der Waals surface area (Å²) in [4.78, 5) is 4.52. The van der Waals surface area contributed by atoms with Gasteiger partial charge in [0, 0.05) is 18.7 Å². The lowest BCUT2D eigenvalue weighted by Crippen LogP contribution is -2.38. The van der Waals surface area contributed by atoms with E-state index >= 15 is 0 Å². The Hall–Kier alpha value is -1.75. The molecule has 1 aromatic rings. The van der Waals surface area contributed by atoms with Gasteiger partial charge < -0.3 is 20.5 Å². The Labute approximate surface area is 127 Å². The van der Waals surface area contributed by atoms with Crippen LogP contribution in [-0.2, 0) is 6.54 Å². The summed E-state index contributed by atoms with van der Waals surface area (Å²) in [6.45, 7) is 9.96. The average molecular weight is 293 g/mol. The molecule has 1 rings (SSSR count). The van der Waals surface area contributed by atoms with E-state index in [1.165, 1.54) is 5.56 Å². The molecule has 0 aliphatic heterocycles. The molecule has 118 valence electrons. The van der Waals surface area contributed by atoms with Crippen molar-refractivity contribution >= 4 is 5.96 Å². The van der Waals surface area contributed by atoms with Crippen LogP contribution in [-0.4, -0.2) is 36.9 Å². The molecular formula is C16H27N3O2. The highest BCUT2D eigenvalue weighted by molar-refractivity contribution is 5.79. The Bertz CT molecular complexity index is 459. The van der Waals surface area contributed by atoms with Gasteiger partial charge in [-0.05, 0) is 39.3 Å². The van der Waals surface area contributed by atoms with E-state index in [9.17, 15) is 0 Å². The number of nitrogens with one attached hydrogen (secondary N) is 2. The standard InChI is InChI=1S/C16H27N3O2/c1-5-17-16(18-8-9-20)19-11-14-7-6-13(4)10-15(14)21-12(2)3/h6-7,10,12,20H,5,8-9,11H2,1-4H3,(H2,17,18,19). The fourth-order valence-electron chi connectivity index (χ4n) is 1.84. The minimum Gasteiger partial charge on any atom is -0.491 e. The van der Waals surface area contributed by atoms with Gasteiger partial charge in [-0.2, -0.15) is 0 Å². The molecule has 5 heteroatoms. The summed E-state index contributed by atoms with van der Waals surface area (Å²) in [5.41, 5.74) is 2.22. The maximum absolute atomic E-state index is 8.88. The second kappa shape index (κ2) is 9.23. The molecule has 21 heavy (non-hydrogen) atoms. The molecular weight excluding hydrogens is 266 g/mol. The molecule has 0 fully saturated rings. The largest absolute Gasteiger partial charge is 0.491 e. The van der Waals surface area contributed by atoms with Gasteiger partial charge in [-0.25, -0.2) is 4.99 Å². The number of hydrogen-bond donors (Lipinski definition) is 3. The van der Waals surface area contributed by atoms with Crippen molar-refractivity contribution in [2.45, 2.75) is 40.3 Å². The molecule has 0 amide bonds. The number of aryl methyl sites for hydroxylation is 1. The lowest BCUT2D eigenvalue weighted by atomic mass is 10.1. The fraction of sp³-hybridized carbons (Fsp3) is 0.562. The summed E-state index contributed by atoms with van der Waals surface area (Å²) in [6, 6.07) is 6.15. The van der Waals surface area contributed by atoms with Crippen LogP contribution in [0.1, 0.15) is 31.9 Å². The van der Waals surface area contributed by atoms with Gasteiger partial charge >= 0.3 is 0 Å². The van der Waals surface area contributed by atoms with E-state index in [0.717, 1.165) is 17.9 Å². The molecule has 0 saturated heterocycles. The Morgan fingerprint density at radius 1 is 1.33 bits per heavy atom. The second-order valence-corrected chi connectivity index (χ2v) is 5.12. The highest BCUT2D eigenvalue weighted by atomic mass is 16.5. The molecule has 3 N–H and O–H groups in total. The minimum absolute atomic E-state index is 0.0800. The Kier molecular flexibility index (Phi) is 7.61. The topological polar surface area (TPSA) is 65.9 Å². The zero-order chi connectivity index (χ0) is 15.7. The van der Waals surface area contributed by atoms with Gasteiger partial charge in [-0.15, -0.1) is 0 Å². The first kappa shape index (κ1) is 17.3. The van der Waals surface area contributed by atoms with Crippen molar-refractivity contribution in [2.24, 2.45) is 4.99 Å². The maximum atomic E-state index is 8.88. The highest BCUT2D eigenvalue weighted by Crippen LogP contribution is 2.22. The van der Waals surface area contributed by atoms with Gasteiger partial charge in [0.2, 0.25) is 0 Å². The molecule has 0 atom stereocenters. The van der Waals surface area contributed by atoms with E-state index < -0.39 is 0 Å². The molecule has 0 spiro atoms. The SMILES string of the molecule is CCNC(=NCc1ccc(C)cc1OC(C)C)NCCO. The van der Waals surface area contributed by atoms with Crippen LogP contribution in [0, 0.1) is 6.92 Å². The third-order valence-electron chi connectivity index (χ3n) is 2.74. The number of nitrogens with zero attached hydrogens (tertiary/aromatic N) is 1. The van der Waals surface area contributed by atoms with E-state index in [2.05, 4.69) is 21.7 Å². The van der Waals surface area contributed by atoms with Crippen LogP contribution >= 0.6 is 0 Å². The summed E-state index contributed by atoms with van der Waals surface area (Å²) in [5, 5.41) is 15.1. The average Bonchev–Trinajstić information content (AvgIpc) is 2.43. The van der Waals surface area contributed by atoms with Crippen LogP contribution in [0.2, 0.25) is 0 Å². The fourth-order valence-corrected chi connectivity index (χ4v) is 1.84. The number of benzene rings is 1. The normalized spacial score (nSPS) is 11.6. The first-order valence-electron chi connectivity index (χ1n) is 7.46. The number of aliphatic hydroxyl groups excluding tert-OH is 1. The zero-order valence-corrected chi connectivity index (χ0v) is 13.4. The number of aliphatic imine (C=N–C) groups is 1. The van der Waals surface area contributed by atoms with Gasteiger partial charge in [-0.3, -0.25) is 0 Å². The molecule has 0 saturated carbocycles. The van der Waals surface area contributed by atoms with Crippen molar-refractivity contribution in [1.29, 1.82) is 0 Å². The lowest BCUT2D eigenvalue weighted by Gasteiger charge is -2.15. The molecule has 1 aromatic carbocycles. The quantitative estimate of drug-likeness (QED) is 0.530. The van der Waals surface area contributed by atoms with Crippen LogP contribution in [0.3, 0.4) is 0 Å². The Morgan fingerprint density at radius 2 is 2.10 bits per heavy atom. The zero-order valence-electron chi connectivity index (χ0n) is 13.4. The highest BCUT2D eigenvalue weighted by Gasteiger charge is 2.06. The predicted molar refractivity (Wildman–Crippen MR) is 86.8 cm³/mol. The molecule has 0 unspecified atom stereocenters. The molecule has 0 aromatic heterocycles. The van der Waals surface area contributed by atoms with E-state index in [1.54, 1.807) is 0 Å². The number of ether oxygens (including phenoxy) is 1. The van der Waals surface area contributed by atoms with Gasteiger partial charge in [0.1, 0.15) is 5.75 Å². The molecule has 5 nitrogen and oxygen atoms in total. The van der Waals surface area contributed by atoms with Crippen molar-refractivity contribution in [1.82, 2.24) is 10.6 Å². The second-order valence-electron chi connectivity index (χ2n) is 5.12. The van der Waals surface area contributed by atoms with Crippen molar-refractivity contribution in [3.05, 3.63) is 29.3 Å². The summed E-state index contributed by atoms with van der Waals surface area (Å²) < 4.78 is 5.85. The van der Waals surface area contributed by atoms with E-state index in [0.29, 0.717) is 19.0 Å². The monoisotopic (exact) mass is 293 g/mol. The maximum Gasteiger partial charge on any atom is 0.191 e. The van der Waals surface area contributed by atoms with Crippen LogP contribution < -0.4 is 15.4 Å². The van der Waals surface area contributed by atoms with Crippen LogP contribution in [0.15, 0.2) is 23.2 Å². The number of aliphatic hydroxyl groups is 1. The van der Waals surface area contributed by atoms with Crippen LogP contribution in [0.4, 0.5) is 0 Å². The third-order valence-corrected chi connectivity index (χ3v) is 2.74. The van der Waals surface area contributed by atoms with Crippen molar-refractivity contribution in [3.63, 3.8) is 0 Å². The van der Waals surface area contributed by atoms with E-state index in [-0.39, 0.29) is 12.7 Å². The van der Waals surface area contributed by atoms with Crippen LogP contribution in [0.5, 0.6) is 5.75 Å². The molecule has 0 radical (unpaired) electrons. The molecule has 0 aliphatic rings. The Morgan fingerprint density at radius 3 is 2.71 bits per heavy atom. The first-order valence-corrected chi connectivity index (χ1v) is 7.46. The van der Waals surface area contributed by atoms with E-state index in [1.807, 2.05) is 39.8 Å². The van der Waals surface area contributed by atoms with Gasteiger partial charge in [0.15, 0.2) is 5.96 Å². The summed E-state index contributed by atoms with van der Waals surface area (Å²) in [5.74, 6) is 1.58. The Balaban J connectivity index is 2.83. The smallest absolute Gasteiger partial charge is 0.191 e. The van der Waals surface area contributed by atoms with E-state index in [4.69, 9.17) is 9.84 Å². The molecule has 0 heterocycles. The van der Waals surface area contributed by atoms with Gasteiger partial charge in [-0.1, -0.05) is 12.1 Å². The van der Waals surface area contributed by atoms with Gasteiger partial charge in [0.25, 0.3) is 0 Å². The van der Waals surface area contributed by atoms with Crippen molar-refractivity contribution < 1.29 is 9.84 Å². The van der Waals surface area contributed by atoms with Crippen molar-refractivity contribution in [3.8, 4) is 5.75 Å². The third kappa shape index (κ3) is 6.49. The number of hydrogen-bond acceptors (Lipinski definition) is 3. The summed E-state index contributed by atoms with van der Waals surface area (Å²) in [7, 11) is 0. The van der Waals surface area contributed by atoms with Gasteiger partial charge in [0.05, 0.1) is 19.3 Å². The lowest BCUT2D eigenvalue weighted by molar-refractivity contribution is 0.240. The number of rotatable bonds is 7. The van der Waals surface area contributed by atoms with Crippen molar-refractivity contribution in [2.75, 3.05) is 19.7 Å². The molecule has 0 bridgehead atoms. The first-order chi connectivity index (χ1) is 10.1. The molecule has 0 aliphatic carbocycles. The minimum atomic E-state index is 0.0800. The number of guanidine groups is 1. The predicted octanol–water partition coefficient (Wildman–Crippen LogP) is 1.83. The van der Waals surface area contributed by atoms with Crippen LogP contribution in [0.25, 0.3) is 0 Å². The summed E-state index contributed by atoms with van der Waals surface area (Å²) in [6.07, 6.45) is 0.135.